The number of allylic oxidation sites excluding steroid dienone is 8. The highest BCUT2D eigenvalue weighted by Gasteiger charge is 2.23. The van der Waals surface area contributed by atoms with Gasteiger partial charge in [0, 0.05) is 13.0 Å². The zero-order valence-electron chi connectivity index (χ0n) is 32.9. The van der Waals surface area contributed by atoms with Crippen molar-refractivity contribution in [1.82, 2.24) is 15.5 Å². The number of likely N-dealkylation sites (N-methyl/N-ethyl adjacent to an activating group) is 1. The molecule has 0 spiro atoms. The van der Waals surface area contributed by atoms with Gasteiger partial charge < -0.3 is 20.3 Å². The molecule has 0 radical (unpaired) electrons. The molecule has 0 aliphatic heterocycles. The Morgan fingerprint density at radius 1 is 0.560 bits per heavy atom. The van der Waals surface area contributed by atoms with Crippen LogP contribution in [0.2, 0.25) is 0 Å². The van der Waals surface area contributed by atoms with E-state index in [2.05, 4.69) is 73.1 Å². The van der Waals surface area contributed by atoms with Crippen molar-refractivity contribution >= 4 is 17.8 Å². The van der Waals surface area contributed by atoms with Crippen molar-refractivity contribution in [3.05, 3.63) is 48.6 Å². The van der Waals surface area contributed by atoms with Crippen LogP contribution in [0.1, 0.15) is 168 Å². The van der Waals surface area contributed by atoms with Crippen LogP contribution in [0, 0.1) is 0 Å². The highest BCUT2D eigenvalue weighted by atomic mass is 16.5. The fourth-order valence-electron chi connectivity index (χ4n) is 5.48. The van der Waals surface area contributed by atoms with Gasteiger partial charge in [0.05, 0.1) is 13.2 Å². The molecule has 0 heterocycles. The standard InChI is InChI=1S/C43H77N3O4/c1-5-7-9-11-13-15-17-19-21-23-25-27-29-31-33-35-37-50-43(49)40(38-44-42(48)39-46(3)4)45-41(47)36-34-32-30-28-26-24-22-20-18-16-14-12-10-8-6-2/h13-16,19-22,40H,5-12,17-18,23-39H2,1-4H3,(H,44,48)(H,45,47)/b15-13-,16-14-,21-19-,22-20-. The van der Waals surface area contributed by atoms with Gasteiger partial charge in [0.15, 0.2) is 0 Å². The van der Waals surface area contributed by atoms with Crippen molar-refractivity contribution in [2.75, 3.05) is 33.8 Å². The maximum Gasteiger partial charge on any atom is 0.330 e. The van der Waals surface area contributed by atoms with Crippen LogP contribution in [0.5, 0.6) is 0 Å². The highest BCUT2D eigenvalue weighted by Crippen LogP contribution is 2.10. The summed E-state index contributed by atoms with van der Waals surface area (Å²) in [5.41, 5.74) is 0. The fraction of sp³-hybridized carbons (Fsp3) is 0.744. The molecule has 0 saturated heterocycles. The van der Waals surface area contributed by atoms with Crippen LogP contribution in [0.25, 0.3) is 0 Å². The first kappa shape index (κ1) is 47.3. The summed E-state index contributed by atoms with van der Waals surface area (Å²) >= 11 is 0. The second kappa shape index (κ2) is 37.6. The van der Waals surface area contributed by atoms with E-state index in [9.17, 15) is 14.4 Å². The lowest BCUT2D eigenvalue weighted by atomic mass is 10.1. The monoisotopic (exact) mass is 700 g/mol. The van der Waals surface area contributed by atoms with Gasteiger partial charge in [0.25, 0.3) is 0 Å². The summed E-state index contributed by atoms with van der Waals surface area (Å²) < 4.78 is 5.53. The second-order valence-electron chi connectivity index (χ2n) is 13.9. The summed E-state index contributed by atoms with van der Waals surface area (Å²) in [5, 5.41) is 5.58. The summed E-state index contributed by atoms with van der Waals surface area (Å²) in [6.45, 7) is 5.05. The molecule has 0 aromatic carbocycles. The van der Waals surface area contributed by atoms with Crippen molar-refractivity contribution in [3.63, 3.8) is 0 Å². The molecule has 288 valence electrons. The maximum atomic E-state index is 12.9. The summed E-state index contributed by atoms with van der Waals surface area (Å²) in [6.07, 6.45) is 44.8. The number of carbonyl (C=O) groups is 3. The van der Waals surface area contributed by atoms with Crippen molar-refractivity contribution in [2.24, 2.45) is 0 Å². The number of nitrogens with one attached hydrogen (secondary N) is 2. The fourth-order valence-corrected chi connectivity index (χ4v) is 5.48. The molecule has 0 saturated carbocycles. The van der Waals surface area contributed by atoms with Gasteiger partial charge in [-0.15, -0.1) is 0 Å². The van der Waals surface area contributed by atoms with Gasteiger partial charge in [0.1, 0.15) is 6.04 Å². The molecule has 0 rings (SSSR count). The molecule has 2 N–H and O–H groups in total. The molecule has 7 nitrogen and oxygen atoms in total. The average Bonchev–Trinajstić information content (AvgIpc) is 3.09. The van der Waals surface area contributed by atoms with Crippen molar-refractivity contribution in [1.29, 1.82) is 0 Å². The van der Waals surface area contributed by atoms with Gasteiger partial charge in [-0.2, -0.15) is 0 Å². The molecule has 2 amide bonds. The van der Waals surface area contributed by atoms with Gasteiger partial charge in [-0.25, -0.2) is 4.79 Å². The number of amides is 2. The molecule has 50 heavy (non-hydrogen) atoms. The quantitative estimate of drug-likeness (QED) is 0.0391. The van der Waals surface area contributed by atoms with Crippen LogP contribution in [0.3, 0.4) is 0 Å². The Morgan fingerprint density at radius 2 is 1.00 bits per heavy atom. The van der Waals surface area contributed by atoms with E-state index < -0.39 is 12.0 Å². The topological polar surface area (TPSA) is 87.7 Å². The zero-order valence-corrected chi connectivity index (χ0v) is 32.9. The maximum absolute atomic E-state index is 12.9. The molecule has 0 aromatic heterocycles. The van der Waals surface area contributed by atoms with Crippen molar-refractivity contribution in [2.45, 2.75) is 174 Å². The Balaban J connectivity index is 4.17. The smallest absolute Gasteiger partial charge is 0.330 e. The molecule has 1 atom stereocenters. The predicted molar refractivity (Wildman–Crippen MR) is 213 cm³/mol. The third-order valence-electron chi connectivity index (χ3n) is 8.53. The number of hydrogen-bond donors (Lipinski definition) is 2. The van der Waals surface area contributed by atoms with E-state index in [-0.39, 0.29) is 24.9 Å². The molecule has 0 aliphatic rings. The third kappa shape index (κ3) is 35.2. The molecular weight excluding hydrogens is 622 g/mol. The molecular formula is C43H77N3O4. The molecule has 1 unspecified atom stereocenters. The van der Waals surface area contributed by atoms with Gasteiger partial charge in [-0.05, 0) is 91.1 Å². The summed E-state index contributed by atoms with van der Waals surface area (Å²) in [7, 11) is 3.62. The van der Waals surface area contributed by atoms with E-state index in [1.807, 2.05) is 14.1 Å². The van der Waals surface area contributed by atoms with Gasteiger partial charge in [-0.3, -0.25) is 9.59 Å². The van der Waals surface area contributed by atoms with Crippen LogP contribution in [0.4, 0.5) is 0 Å². The Labute approximate surface area is 308 Å². The van der Waals surface area contributed by atoms with Gasteiger partial charge in [-0.1, -0.05) is 133 Å². The Morgan fingerprint density at radius 3 is 1.48 bits per heavy atom. The van der Waals surface area contributed by atoms with Gasteiger partial charge in [0.2, 0.25) is 11.8 Å². The lowest BCUT2D eigenvalue weighted by molar-refractivity contribution is -0.148. The number of nitrogens with zero attached hydrogens (tertiary/aromatic N) is 1. The van der Waals surface area contributed by atoms with Crippen LogP contribution >= 0.6 is 0 Å². The number of rotatable bonds is 35. The van der Waals surface area contributed by atoms with E-state index in [1.165, 1.54) is 77.0 Å². The summed E-state index contributed by atoms with van der Waals surface area (Å²) in [5.74, 6) is -0.847. The summed E-state index contributed by atoms with van der Waals surface area (Å²) in [6, 6.07) is -0.879. The minimum Gasteiger partial charge on any atom is -0.464 e. The number of unbranched alkanes of at least 4 members (excludes halogenated alkanes) is 17. The first-order valence-electron chi connectivity index (χ1n) is 20.4. The summed E-state index contributed by atoms with van der Waals surface area (Å²) in [4.78, 5) is 39.5. The van der Waals surface area contributed by atoms with E-state index in [4.69, 9.17) is 4.74 Å². The molecule has 0 aromatic rings. The van der Waals surface area contributed by atoms with Crippen LogP contribution in [0.15, 0.2) is 48.6 Å². The number of ether oxygens (including phenoxy) is 1. The zero-order chi connectivity index (χ0) is 36.8. The Bertz CT molecular complexity index is 925. The minimum atomic E-state index is -0.879. The van der Waals surface area contributed by atoms with E-state index in [0.717, 1.165) is 70.6 Å². The Hall–Kier alpha value is -2.67. The number of esters is 1. The lowest BCUT2D eigenvalue weighted by Crippen LogP contribution is -2.50. The van der Waals surface area contributed by atoms with Crippen molar-refractivity contribution < 1.29 is 19.1 Å². The molecule has 7 heteroatoms. The first-order valence-corrected chi connectivity index (χ1v) is 20.4. The van der Waals surface area contributed by atoms with E-state index >= 15 is 0 Å². The Kier molecular flexibility index (Phi) is 35.6. The van der Waals surface area contributed by atoms with Crippen molar-refractivity contribution in [3.8, 4) is 0 Å². The molecule has 0 bridgehead atoms. The van der Waals surface area contributed by atoms with E-state index in [0.29, 0.717) is 13.0 Å². The average molecular weight is 700 g/mol. The largest absolute Gasteiger partial charge is 0.464 e. The predicted octanol–water partition coefficient (Wildman–Crippen LogP) is 10.3. The highest BCUT2D eigenvalue weighted by molar-refractivity contribution is 5.85. The van der Waals surface area contributed by atoms with Crippen LogP contribution < -0.4 is 10.6 Å². The lowest BCUT2D eigenvalue weighted by Gasteiger charge is -2.19. The normalized spacial score (nSPS) is 12.6. The molecule has 0 aliphatic carbocycles. The van der Waals surface area contributed by atoms with Crippen LogP contribution in [-0.2, 0) is 19.1 Å². The SMILES string of the molecule is CCCCC/C=C\C/C=C\CCCCCCCCOC(=O)C(CNC(=O)CN(C)C)NC(=O)CCCCCCC/C=C\C/C=C\CCCCC. The third-order valence-corrected chi connectivity index (χ3v) is 8.53. The molecule has 0 fully saturated rings. The minimum absolute atomic E-state index is 0.0309. The van der Waals surface area contributed by atoms with Gasteiger partial charge >= 0.3 is 5.97 Å². The van der Waals surface area contributed by atoms with Crippen LogP contribution in [-0.4, -0.2) is 62.5 Å². The first-order chi connectivity index (χ1) is 24.4. The second-order valence-corrected chi connectivity index (χ2v) is 13.9. The van der Waals surface area contributed by atoms with E-state index in [1.54, 1.807) is 4.90 Å². The number of hydrogen-bond acceptors (Lipinski definition) is 5. The number of carbonyl (C=O) groups excluding carboxylic acids is 3.